The van der Waals surface area contributed by atoms with Crippen molar-refractivity contribution in [3.63, 3.8) is 0 Å². The maximum atomic E-state index is 12.3. The van der Waals surface area contributed by atoms with Crippen LogP contribution in [0.5, 0.6) is 0 Å². The standard InChI is InChI=1S/C12H16F2N2/c13-12(14)10-3-1-9(2-4-10)7-16-6-5-11(15)8-16/h1-4,11-12H,5-8,15H2/t11-/m0/s1. The fraction of sp³-hybridized carbons (Fsp3) is 0.500. The molecule has 1 aromatic rings. The zero-order chi connectivity index (χ0) is 11.5. The average Bonchev–Trinajstić information content (AvgIpc) is 2.65. The van der Waals surface area contributed by atoms with E-state index in [4.69, 9.17) is 5.73 Å². The summed E-state index contributed by atoms with van der Waals surface area (Å²) in [5.74, 6) is 0. The highest BCUT2D eigenvalue weighted by molar-refractivity contribution is 5.23. The van der Waals surface area contributed by atoms with Gasteiger partial charge in [0.2, 0.25) is 0 Å². The van der Waals surface area contributed by atoms with Crippen LogP contribution in [0.4, 0.5) is 8.78 Å². The molecule has 0 aliphatic carbocycles. The van der Waals surface area contributed by atoms with E-state index in [0.717, 1.165) is 31.6 Å². The van der Waals surface area contributed by atoms with E-state index >= 15 is 0 Å². The Balaban J connectivity index is 1.95. The average molecular weight is 226 g/mol. The number of halogens is 2. The first-order valence-corrected chi connectivity index (χ1v) is 5.50. The largest absolute Gasteiger partial charge is 0.326 e. The van der Waals surface area contributed by atoms with E-state index in [1.807, 2.05) is 0 Å². The van der Waals surface area contributed by atoms with Gasteiger partial charge in [-0.2, -0.15) is 0 Å². The minimum Gasteiger partial charge on any atom is -0.326 e. The van der Waals surface area contributed by atoms with Crippen molar-refractivity contribution < 1.29 is 8.78 Å². The highest BCUT2D eigenvalue weighted by Crippen LogP contribution is 2.20. The van der Waals surface area contributed by atoms with Gasteiger partial charge in [-0.15, -0.1) is 0 Å². The molecule has 1 saturated heterocycles. The summed E-state index contributed by atoms with van der Waals surface area (Å²) in [6.45, 7) is 2.70. The van der Waals surface area contributed by atoms with E-state index in [1.54, 1.807) is 12.1 Å². The third kappa shape index (κ3) is 2.77. The van der Waals surface area contributed by atoms with Crippen molar-refractivity contribution >= 4 is 0 Å². The summed E-state index contributed by atoms with van der Waals surface area (Å²) in [6, 6.07) is 6.79. The molecule has 1 fully saturated rings. The van der Waals surface area contributed by atoms with Crippen LogP contribution in [0.2, 0.25) is 0 Å². The minimum atomic E-state index is -2.38. The number of alkyl halides is 2. The van der Waals surface area contributed by atoms with Gasteiger partial charge in [0.15, 0.2) is 0 Å². The van der Waals surface area contributed by atoms with E-state index < -0.39 is 6.43 Å². The molecule has 2 nitrogen and oxygen atoms in total. The summed E-state index contributed by atoms with van der Waals surface area (Å²) in [7, 11) is 0. The smallest absolute Gasteiger partial charge is 0.263 e. The number of likely N-dealkylation sites (tertiary alicyclic amines) is 1. The Morgan fingerprint density at radius 3 is 2.50 bits per heavy atom. The van der Waals surface area contributed by atoms with Crippen LogP contribution in [0.25, 0.3) is 0 Å². The van der Waals surface area contributed by atoms with Crippen molar-refractivity contribution in [3.05, 3.63) is 35.4 Å². The topological polar surface area (TPSA) is 29.3 Å². The molecular formula is C12H16F2N2. The number of hydrogen-bond acceptors (Lipinski definition) is 2. The van der Waals surface area contributed by atoms with Gasteiger partial charge in [0.25, 0.3) is 6.43 Å². The van der Waals surface area contributed by atoms with E-state index in [9.17, 15) is 8.78 Å². The van der Waals surface area contributed by atoms with Gasteiger partial charge in [-0.3, -0.25) is 4.90 Å². The Kier molecular flexibility index (Phi) is 3.51. The summed E-state index contributed by atoms with van der Waals surface area (Å²) in [6.07, 6.45) is -1.36. The van der Waals surface area contributed by atoms with E-state index in [2.05, 4.69) is 4.90 Å². The van der Waals surface area contributed by atoms with E-state index in [-0.39, 0.29) is 11.6 Å². The number of nitrogens with zero attached hydrogens (tertiary/aromatic N) is 1. The second kappa shape index (κ2) is 4.89. The quantitative estimate of drug-likeness (QED) is 0.855. The van der Waals surface area contributed by atoms with Crippen LogP contribution in [0.3, 0.4) is 0 Å². The predicted molar refractivity (Wildman–Crippen MR) is 59.3 cm³/mol. The second-order valence-electron chi connectivity index (χ2n) is 4.33. The highest BCUT2D eigenvalue weighted by atomic mass is 19.3. The van der Waals surface area contributed by atoms with Crippen LogP contribution < -0.4 is 5.73 Å². The molecule has 0 unspecified atom stereocenters. The third-order valence-corrected chi connectivity index (χ3v) is 2.95. The number of nitrogens with two attached hydrogens (primary N) is 1. The monoisotopic (exact) mass is 226 g/mol. The molecule has 1 aromatic carbocycles. The molecule has 0 amide bonds. The Morgan fingerprint density at radius 1 is 1.31 bits per heavy atom. The first-order chi connectivity index (χ1) is 7.65. The fourth-order valence-corrected chi connectivity index (χ4v) is 2.03. The van der Waals surface area contributed by atoms with E-state index in [0.29, 0.717) is 0 Å². The molecular weight excluding hydrogens is 210 g/mol. The zero-order valence-corrected chi connectivity index (χ0v) is 9.07. The molecule has 0 aromatic heterocycles. The van der Waals surface area contributed by atoms with Crippen LogP contribution >= 0.6 is 0 Å². The molecule has 16 heavy (non-hydrogen) atoms. The summed E-state index contributed by atoms with van der Waals surface area (Å²) >= 11 is 0. The van der Waals surface area contributed by atoms with Crippen LogP contribution in [-0.2, 0) is 6.54 Å². The Labute approximate surface area is 94.0 Å². The van der Waals surface area contributed by atoms with Gasteiger partial charge in [-0.1, -0.05) is 24.3 Å². The maximum absolute atomic E-state index is 12.3. The van der Waals surface area contributed by atoms with Gasteiger partial charge in [0.05, 0.1) is 0 Å². The summed E-state index contributed by atoms with van der Waals surface area (Å²) in [5.41, 5.74) is 6.95. The van der Waals surface area contributed by atoms with Gasteiger partial charge in [-0.25, -0.2) is 8.78 Å². The van der Waals surface area contributed by atoms with Gasteiger partial charge in [0.1, 0.15) is 0 Å². The first kappa shape index (κ1) is 11.5. The predicted octanol–water partition coefficient (Wildman–Crippen LogP) is 2.16. The van der Waals surface area contributed by atoms with Crippen molar-refractivity contribution in [2.45, 2.75) is 25.4 Å². The Hall–Kier alpha value is -1.00. The third-order valence-electron chi connectivity index (χ3n) is 2.95. The summed E-state index contributed by atoms with van der Waals surface area (Å²) < 4.78 is 24.7. The van der Waals surface area contributed by atoms with Crippen LogP contribution in [-0.4, -0.2) is 24.0 Å². The number of hydrogen-bond donors (Lipinski definition) is 1. The molecule has 0 radical (unpaired) electrons. The molecule has 0 bridgehead atoms. The molecule has 1 aliphatic heterocycles. The van der Waals surface area contributed by atoms with Crippen molar-refractivity contribution in [3.8, 4) is 0 Å². The molecule has 0 saturated carbocycles. The molecule has 1 heterocycles. The molecule has 4 heteroatoms. The lowest BCUT2D eigenvalue weighted by molar-refractivity contribution is 0.151. The lowest BCUT2D eigenvalue weighted by atomic mass is 10.1. The number of benzene rings is 1. The van der Waals surface area contributed by atoms with Crippen LogP contribution in [0.1, 0.15) is 24.0 Å². The molecule has 2 N–H and O–H groups in total. The highest BCUT2D eigenvalue weighted by Gasteiger charge is 2.18. The molecule has 1 atom stereocenters. The van der Waals surface area contributed by atoms with Gasteiger partial charge < -0.3 is 5.73 Å². The Bertz CT molecular complexity index is 337. The van der Waals surface area contributed by atoms with Gasteiger partial charge in [-0.05, 0) is 12.0 Å². The lowest BCUT2D eigenvalue weighted by Gasteiger charge is -2.15. The lowest BCUT2D eigenvalue weighted by Crippen LogP contribution is -2.26. The van der Waals surface area contributed by atoms with Crippen molar-refractivity contribution in [1.29, 1.82) is 0 Å². The molecule has 1 aliphatic rings. The molecule has 88 valence electrons. The van der Waals surface area contributed by atoms with Crippen molar-refractivity contribution in [2.75, 3.05) is 13.1 Å². The summed E-state index contributed by atoms with van der Waals surface area (Å²) in [5, 5.41) is 0. The zero-order valence-electron chi connectivity index (χ0n) is 9.07. The van der Waals surface area contributed by atoms with Crippen molar-refractivity contribution in [1.82, 2.24) is 4.90 Å². The van der Waals surface area contributed by atoms with Crippen LogP contribution in [0.15, 0.2) is 24.3 Å². The maximum Gasteiger partial charge on any atom is 0.263 e. The van der Waals surface area contributed by atoms with Gasteiger partial charge >= 0.3 is 0 Å². The minimum absolute atomic E-state index is 0.0851. The second-order valence-corrected chi connectivity index (χ2v) is 4.33. The Morgan fingerprint density at radius 2 is 2.00 bits per heavy atom. The van der Waals surface area contributed by atoms with Gasteiger partial charge in [0, 0.05) is 31.2 Å². The van der Waals surface area contributed by atoms with Crippen LogP contribution in [0, 0.1) is 0 Å². The van der Waals surface area contributed by atoms with E-state index in [1.165, 1.54) is 12.1 Å². The summed E-state index contributed by atoms with van der Waals surface area (Å²) in [4.78, 5) is 2.25. The fourth-order valence-electron chi connectivity index (χ4n) is 2.03. The normalized spacial score (nSPS) is 21.9. The molecule has 2 rings (SSSR count). The molecule has 0 spiro atoms. The SMILES string of the molecule is N[C@H]1CCN(Cc2ccc(C(F)F)cc2)C1. The number of rotatable bonds is 3. The first-order valence-electron chi connectivity index (χ1n) is 5.50. The van der Waals surface area contributed by atoms with Crippen molar-refractivity contribution in [2.24, 2.45) is 5.73 Å².